The Balaban J connectivity index is 1.77. The number of nitrogens with two attached hydrogens (primary N) is 1. The summed E-state index contributed by atoms with van der Waals surface area (Å²) in [5, 5.41) is 6.81. The molecule has 0 spiro atoms. The third-order valence-electron chi connectivity index (χ3n) is 3.35. The number of hydrogen-bond donors (Lipinski definition) is 3. The summed E-state index contributed by atoms with van der Waals surface area (Å²) in [4.78, 5) is 27.2. The highest BCUT2D eigenvalue weighted by Gasteiger charge is 2.19. The fourth-order valence-electron chi connectivity index (χ4n) is 2.16. The molecule has 0 aromatic carbocycles. The lowest BCUT2D eigenvalue weighted by atomic mass is 10.2. The Morgan fingerprint density at radius 2 is 2.30 bits per heavy atom. The topological polar surface area (TPSA) is 102 Å². The minimum atomic E-state index is -0.512. The molecule has 2 aromatic heterocycles. The van der Waals surface area contributed by atoms with Crippen LogP contribution in [0.25, 0.3) is 11.0 Å². The fraction of sp³-hybridized carbons (Fsp3) is 0.308. The maximum absolute atomic E-state index is 11.9. The Morgan fingerprint density at radius 3 is 2.95 bits per heavy atom. The van der Waals surface area contributed by atoms with E-state index in [0.717, 1.165) is 18.5 Å². The number of fused-ring (bicyclic) bond motifs is 1. The van der Waals surface area contributed by atoms with E-state index in [1.165, 1.54) is 6.20 Å². The van der Waals surface area contributed by atoms with Crippen molar-refractivity contribution in [3.8, 4) is 0 Å². The van der Waals surface area contributed by atoms with E-state index >= 15 is 0 Å². The van der Waals surface area contributed by atoms with Crippen LogP contribution in [0, 0.1) is 0 Å². The molecule has 1 saturated heterocycles. The summed E-state index contributed by atoms with van der Waals surface area (Å²) in [5.41, 5.74) is 6.24. The van der Waals surface area contributed by atoms with Gasteiger partial charge in [0.05, 0.1) is 11.6 Å². The number of hydrogen-bond acceptors (Lipinski definition) is 4. The van der Waals surface area contributed by atoms with Gasteiger partial charge < -0.3 is 20.9 Å². The Labute approximate surface area is 115 Å². The number of amides is 2. The van der Waals surface area contributed by atoms with Crippen LogP contribution in [-0.4, -0.2) is 40.5 Å². The van der Waals surface area contributed by atoms with Crippen molar-refractivity contribution in [2.45, 2.75) is 12.6 Å². The SMILES string of the molecule is NC(=O)c1cnc2c(ccn2CC(=O)NC2CNC2)c1. The lowest BCUT2D eigenvalue weighted by molar-refractivity contribution is -0.122. The highest BCUT2D eigenvalue weighted by molar-refractivity contribution is 5.96. The largest absolute Gasteiger partial charge is 0.366 e. The van der Waals surface area contributed by atoms with Gasteiger partial charge in [0, 0.05) is 30.9 Å². The quantitative estimate of drug-likeness (QED) is 0.680. The number of pyridine rings is 1. The number of nitrogens with zero attached hydrogens (tertiary/aromatic N) is 2. The van der Waals surface area contributed by atoms with Gasteiger partial charge in [0.15, 0.2) is 0 Å². The Kier molecular flexibility index (Phi) is 3.11. The molecule has 3 rings (SSSR count). The minimum Gasteiger partial charge on any atom is -0.366 e. The van der Waals surface area contributed by atoms with Gasteiger partial charge in [0.25, 0.3) is 0 Å². The van der Waals surface area contributed by atoms with Crippen molar-refractivity contribution in [3.05, 3.63) is 30.1 Å². The smallest absolute Gasteiger partial charge is 0.250 e. The number of carbonyl (C=O) groups is 2. The Hall–Kier alpha value is -2.41. The molecule has 1 aliphatic heterocycles. The Morgan fingerprint density at radius 1 is 1.50 bits per heavy atom. The lowest BCUT2D eigenvalue weighted by Crippen LogP contribution is -2.57. The van der Waals surface area contributed by atoms with E-state index in [2.05, 4.69) is 15.6 Å². The van der Waals surface area contributed by atoms with Crippen molar-refractivity contribution in [1.82, 2.24) is 20.2 Å². The first kappa shape index (κ1) is 12.6. The lowest BCUT2D eigenvalue weighted by Gasteiger charge is -2.27. The molecule has 0 aliphatic carbocycles. The minimum absolute atomic E-state index is 0.0465. The summed E-state index contributed by atoms with van der Waals surface area (Å²) < 4.78 is 1.75. The highest BCUT2D eigenvalue weighted by Crippen LogP contribution is 2.14. The molecule has 2 amide bonds. The molecular formula is C13H15N5O2. The number of carbonyl (C=O) groups excluding carboxylic acids is 2. The van der Waals surface area contributed by atoms with Crippen LogP contribution in [0.4, 0.5) is 0 Å². The normalized spacial score (nSPS) is 15.0. The molecule has 2 aromatic rings. The molecule has 0 radical (unpaired) electrons. The van der Waals surface area contributed by atoms with Crippen LogP contribution in [0.15, 0.2) is 24.5 Å². The van der Waals surface area contributed by atoms with Gasteiger partial charge in [-0.15, -0.1) is 0 Å². The fourth-order valence-corrected chi connectivity index (χ4v) is 2.16. The number of rotatable bonds is 4. The predicted molar refractivity (Wildman–Crippen MR) is 73.1 cm³/mol. The van der Waals surface area contributed by atoms with Gasteiger partial charge in [-0.25, -0.2) is 4.98 Å². The zero-order valence-electron chi connectivity index (χ0n) is 10.8. The van der Waals surface area contributed by atoms with Gasteiger partial charge in [-0.05, 0) is 12.1 Å². The van der Waals surface area contributed by atoms with Crippen molar-refractivity contribution in [3.63, 3.8) is 0 Å². The second kappa shape index (κ2) is 4.93. The summed E-state index contributed by atoms with van der Waals surface area (Å²) in [6.07, 6.45) is 3.20. The van der Waals surface area contributed by atoms with E-state index in [4.69, 9.17) is 5.73 Å². The summed E-state index contributed by atoms with van der Waals surface area (Å²) >= 11 is 0. The summed E-state index contributed by atoms with van der Waals surface area (Å²) in [5.74, 6) is -0.558. The average Bonchev–Trinajstić information content (AvgIpc) is 2.76. The molecule has 1 aliphatic rings. The van der Waals surface area contributed by atoms with Crippen LogP contribution >= 0.6 is 0 Å². The van der Waals surface area contributed by atoms with E-state index in [1.54, 1.807) is 16.8 Å². The molecular weight excluding hydrogens is 258 g/mol. The predicted octanol–water partition coefficient (Wildman–Crippen LogP) is -0.777. The first-order valence-corrected chi connectivity index (χ1v) is 6.38. The van der Waals surface area contributed by atoms with Crippen LogP contribution in [0.1, 0.15) is 10.4 Å². The second-order valence-electron chi connectivity index (χ2n) is 4.87. The molecule has 3 heterocycles. The van der Waals surface area contributed by atoms with Crippen LogP contribution in [0.2, 0.25) is 0 Å². The zero-order chi connectivity index (χ0) is 14.1. The van der Waals surface area contributed by atoms with Gasteiger partial charge in [0.1, 0.15) is 12.2 Å². The van der Waals surface area contributed by atoms with Crippen molar-refractivity contribution in [2.75, 3.05) is 13.1 Å². The van der Waals surface area contributed by atoms with Gasteiger partial charge in [-0.3, -0.25) is 9.59 Å². The molecule has 0 atom stereocenters. The van der Waals surface area contributed by atoms with Crippen LogP contribution in [0.5, 0.6) is 0 Å². The molecule has 0 bridgehead atoms. The molecule has 1 fully saturated rings. The first-order chi connectivity index (χ1) is 9.63. The molecule has 7 heteroatoms. The zero-order valence-corrected chi connectivity index (χ0v) is 10.8. The van der Waals surface area contributed by atoms with Crippen LogP contribution in [-0.2, 0) is 11.3 Å². The summed E-state index contributed by atoms with van der Waals surface area (Å²) in [6.45, 7) is 1.85. The maximum Gasteiger partial charge on any atom is 0.250 e. The Bertz CT molecular complexity index is 674. The van der Waals surface area contributed by atoms with Crippen molar-refractivity contribution >= 4 is 22.8 Å². The van der Waals surface area contributed by atoms with Crippen LogP contribution < -0.4 is 16.4 Å². The van der Waals surface area contributed by atoms with E-state index in [9.17, 15) is 9.59 Å². The van der Waals surface area contributed by atoms with Crippen molar-refractivity contribution < 1.29 is 9.59 Å². The van der Waals surface area contributed by atoms with Gasteiger partial charge in [-0.1, -0.05) is 0 Å². The molecule has 7 nitrogen and oxygen atoms in total. The van der Waals surface area contributed by atoms with Gasteiger partial charge >= 0.3 is 0 Å². The molecule has 0 unspecified atom stereocenters. The maximum atomic E-state index is 11.9. The monoisotopic (exact) mass is 273 g/mol. The van der Waals surface area contributed by atoms with E-state index in [0.29, 0.717) is 11.2 Å². The third kappa shape index (κ3) is 2.35. The number of primary amides is 1. The van der Waals surface area contributed by atoms with E-state index in [-0.39, 0.29) is 18.5 Å². The summed E-state index contributed by atoms with van der Waals surface area (Å²) in [7, 11) is 0. The van der Waals surface area contributed by atoms with Gasteiger partial charge in [0.2, 0.25) is 11.8 Å². The number of aromatic nitrogens is 2. The van der Waals surface area contributed by atoms with Crippen LogP contribution in [0.3, 0.4) is 0 Å². The summed E-state index contributed by atoms with van der Waals surface area (Å²) in [6, 6.07) is 3.71. The molecule has 104 valence electrons. The van der Waals surface area contributed by atoms with Gasteiger partial charge in [-0.2, -0.15) is 0 Å². The van der Waals surface area contributed by atoms with Crippen molar-refractivity contribution in [2.24, 2.45) is 5.73 Å². The average molecular weight is 273 g/mol. The first-order valence-electron chi connectivity index (χ1n) is 6.38. The molecule has 0 saturated carbocycles. The van der Waals surface area contributed by atoms with E-state index < -0.39 is 5.91 Å². The van der Waals surface area contributed by atoms with Crippen molar-refractivity contribution in [1.29, 1.82) is 0 Å². The highest BCUT2D eigenvalue weighted by atomic mass is 16.2. The molecule has 4 N–H and O–H groups in total. The molecule has 20 heavy (non-hydrogen) atoms. The second-order valence-corrected chi connectivity index (χ2v) is 4.87. The third-order valence-corrected chi connectivity index (χ3v) is 3.35. The van der Waals surface area contributed by atoms with E-state index in [1.807, 2.05) is 6.07 Å². The standard InChI is InChI=1S/C13H15N5O2/c14-12(20)9-3-8-1-2-18(13(8)16-4-9)7-11(19)17-10-5-15-6-10/h1-4,10,15H,5-7H2,(H2,14,20)(H,17,19). The number of nitrogens with one attached hydrogen (secondary N) is 2.